The van der Waals surface area contributed by atoms with Crippen LogP contribution in [-0.4, -0.2) is 73.5 Å². The number of hydrogen-bond acceptors (Lipinski definition) is 8. The van der Waals surface area contributed by atoms with Gasteiger partial charge in [0.1, 0.15) is 12.4 Å². The Morgan fingerprint density at radius 2 is 1.77 bits per heavy atom. The molecule has 3 aromatic carbocycles. The van der Waals surface area contributed by atoms with E-state index in [9.17, 15) is 5.11 Å². The number of piperazine rings is 1. The van der Waals surface area contributed by atoms with Crippen molar-refractivity contribution in [2.45, 2.75) is 45.1 Å². The van der Waals surface area contributed by atoms with Crippen LogP contribution in [0.25, 0.3) is 11.4 Å². The van der Waals surface area contributed by atoms with Crippen LogP contribution >= 0.6 is 0 Å². The minimum Gasteiger partial charge on any atom is -0.508 e. The molecule has 206 valence electrons. The highest BCUT2D eigenvalue weighted by Gasteiger charge is 2.35. The van der Waals surface area contributed by atoms with Gasteiger partial charge in [0.2, 0.25) is 0 Å². The number of hydrogen-bond donors (Lipinski definition) is 1. The number of aromatic hydroxyl groups is 1. The smallest absolute Gasteiger partial charge is 0.182 e. The maximum atomic E-state index is 10.4. The van der Waals surface area contributed by atoms with E-state index >= 15 is 0 Å². The van der Waals surface area contributed by atoms with E-state index in [1.54, 1.807) is 10.7 Å². The third kappa shape index (κ3) is 6.37. The lowest BCUT2D eigenvalue weighted by molar-refractivity contribution is 0.0195. The quantitative estimate of drug-likeness (QED) is 0.299. The molecule has 0 saturated carbocycles. The van der Waals surface area contributed by atoms with Crippen LogP contribution in [0.3, 0.4) is 0 Å². The molecule has 1 fully saturated rings. The molecule has 0 aliphatic carbocycles. The summed E-state index contributed by atoms with van der Waals surface area (Å²) in [5.74, 6) is 0.915. The highest BCUT2D eigenvalue weighted by Crippen LogP contribution is 2.35. The number of benzene rings is 3. The fourth-order valence-electron chi connectivity index (χ4n) is 5.54. The van der Waals surface area contributed by atoms with Crippen LogP contribution in [0.15, 0.2) is 78.9 Å². The van der Waals surface area contributed by atoms with Crippen LogP contribution in [0.1, 0.15) is 36.6 Å². The molecule has 4 aromatic rings. The first kappa shape index (κ1) is 27.5. The largest absolute Gasteiger partial charge is 0.508 e. The molecule has 1 N–H and O–H groups in total. The third-order valence-electron chi connectivity index (χ3n) is 7.54. The fourth-order valence-corrected chi connectivity index (χ4v) is 5.54. The van der Waals surface area contributed by atoms with Gasteiger partial charge in [-0.25, -0.2) is 4.68 Å². The summed E-state index contributed by atoms with van der Waals surface area (Å²) in [7, 11) is 0. The van der Waals surface area contributed by atoms with E-state index in [-0.39, 0.29) is 18.4 Å². The zero-order valence-corrected chi connectivity index (χ0v) is 23.0. The Balaban J connectivity index is 1.39. The van der Waals surface area contributed by atoms with E-state index < -0.39 is 0 Å². The lowest BCUT2D eigenvalue weighted by Crippen LogP contribution is -2.56. The van der Waals surface area contributed by atoms with Gasteiger partial charge in [-0.15, -0.1) is 5.10 Å². The van der Waals surface area contributed by atoms with Crippen molar-refractivity contribution >= 4 is 0 Å². The average molecular weight is 538 g/mol. The third-order valence-corrected chi connectivity index (χ3v) is 7.54. The molecule has 9 heteroatoms. The van der Waals surface area contributed by atoms with E-state index in [1.807, 2.05) is 30.3 Å². The topological polar surface area (TPSA) is 103 Å². The molecule has 1 aromatic heterocycles. The highest BCUT2D eigenvalue weighted by atomic mass is 16.5. The highest BCUT2D eigenvalue weighted by molar-refractivity contribution is 5.55. The number of aromatic nitrogens is 4. The number of ether oxygens (including phenoxy) is 1. The maximum absolute atomic E-state index is 10.4. The summed E-state index contributed by atoms with van der Waals surface area (Å²) in [6.07, 6.45) is 0. The molecule has 40 heavy (non-hydrogen) atoms. The Hall–Kier alpha value is -4.10. The second kappa shape index (κ2) is 12.8. The van der Waals surface area contributed by atoms with E-state index in [0.29, 0.717) is 31.1 Å². The summed E-state index contributed by atoms with van der Waals surface area (Å²) in [5, 5.41) is 31.2. The summed E-state index contributed by atoms with van der Waals surface area (Å²) in [6, 6.07) is 29.2. The van der Waals surface area contributed by atoms with Crippen molar-refractivity contribution in [3.63, 3.8) is 0 Å². The Kier molecular flexibility index (Phi) is 8.81. The predicted octanol–water partition coefficient (Wildman–Crippen LogP) is 4.27. The van der Waals surface area contributed by atoms with Crippen LogP contribution in [-0.2, 0) is 17.8 Å². The molecule has 0 radical (unpaired) electrons. The molecule has 0 amide bonds. The Morgan fingerprint density at radius 1 is 0.975 bits per heavy atom. The lowest BCUT2D eigenvalue weighted by Gasteiger charge is -2.47. The van der Waals surface area contributed by atoms with Crippen LogP contribution in [0.2, 0.25) is 0 Å². The first-order chi connectivity index (χ1) is 19.5. The van der Waals surface area contributed by atoms with Gasteiger partial charge in [0.15, 0.2) is 5.82 Å². The van der Waals surface area contributed by atoms with Gasteiger partial charge < -0.3 is 9.84 Å². The molecule has 1 aliphatic rings. The van der Waals surface area contributed by atoms with Gasteiger partial charge in [-0.1, -0.05) is 66.7 Å². The Labute approximate surface area is 235 Å². The van der Waals surface area contributed by atoms with Gasteiger partial charge in [0.05, 0.1) is 25.3 Å². The number of phenolic OH excluding ortho intramolecular Hbond substituents is 1. The van der Waals surface area contributed by atoms with E-state index in [4.69, 9.17) is 10.00 Å². The maximum Gasteiger partial charge on any atom is 0.182 e. The Bertz CT molecular complexity index is 1420. The van der Waals surface area contributed by atoms with Crippen LogP contribution < -0.4 is 0 Å². The summed E-state index contributed by atoms with van der Waals surface area (Å²) in [4.78, 5) is 5.10. The van der Waals surface area contributed by atoms with Crippen molar-refractivity contribution in [1.29, 1.82) is 5.26 Å². The van der Waals surface area contributed by atoms with E-state index in [0.717, 1.165) is 36.3 Å². The normalized spacial score (nSPS) is 18.8. The van der Waals surface area contributed by atoms with Crippen molar-refractivity contribution in [2.75, 3.05) is 26.3 Å². The number of phenols is 1. The van der Waals surface area contributed by atoms with Crippen LogP contribution in [0.5, 0.6) is 5.75 Å². The van der Waals surface area contributed by atoms with Crippen molar-refractivity contribution < 1.29 is 9.84 Å². The minimum atomic E-state index is -0.0205. The second-order valence-corrected chi connectivity index (χ2v) is 10.4. The number of rotatable bonds is 10. The molecular formula is C31H35N7O2. The first-order valence-corrected chi connectivity index (χ1v) is 13.7. The monoisotopic (exact) mass is 537 g/mol. The molecule has 1 aliphatic heterocycles. The van der Waals surface area contributed by atoms with E-state index in [1.165, 1.54) is 5.56 Å². The van der Waals surface area contributed by atoms with Crippen molar-refractivity contribution in [1.82, 2.24) is 30.0 Å². The zero-order valence-electron chi connectivity index (χ0n) is 23.0. The predicted molar refractivity (Wildman–Crippen MR) is 152 cm³/mol. The van der Waals surface area contributed by atoms with Crippen molar-refractivity contribution in [3.8, 4) is 23.2 Å². The van der Waals surface area contributed by atoms with Crippen LogP contribution in [0, 0.1) is 11.3 Å². The van der Waals surface area contributed by atoms with Gasteiger partial charge >= 0.3 is 0 Å². The molecule has 2 heterocycles. The Morgan fingerprint density at radius 3 is 2.52 bits per heavy atom. The molecule has 1 saturated heterocycles. The summed E-state index contributed by atoms with van der Waals surface area (Å²) in [6.45, 7) is 8.22. The van der Waals surface area contributed by atoms with Gasteiger partial charge in [-0.2, -0.15) is 5.26 Å². The summed E-state index contributed by atoms with van der Waals surface area (Å²) >= 11 is 0. The molecule has 5 rings (SSSR count). The minimum absolute atomic E-state index is 0.0205. The van der Waals surface area contributed by atoms with Gasteiger partial charge in [0, 0.05) is 37.3 Å². The fraction of sp³-hybridized carbons (Fsp3) is 0.355. The molecule has 9 nitrogen and oxygen atoms in total. The zero-order chi connectivity index (χ0) is 27.9. The van der Waals surface area contributed by atoms with Crippen molar-refractivity contribution in [2.24, 2.45) is 0 Å². The number of nitriles is 1. The molecule has 3 atom stereocenters. The summed E-state index contributed by atoms with van der Waals surface area (Å²) < 4.78 is 6.97. The number of nitrogens with zero attached hydrogens (tertiary/aromatic N) is 7. The molecule has 0 spiro atoms. The first-order valence-electron chi connectivity index (χ1n) is 13.7. The second-order valence-electron chi connectivity index (χ2n) is 10.4. The molecule has 0 unspecified atom stereocenters. The SMILES string of the molecule is C[C@@H]1CN([C@H](c2ccc(-c3nnnn3CCOCC#N)cc2)c2cccc(O)c2)[C@@H](C)CN1Cc1ccccc1. The van der Waals surface area contributed by atoms with Gasteiger partial charge in [-0.05, 0) is 53.1 Å². The molecule has 0 bridgehead atoms. The van der Waals surface area contributed by atoms with Gasteiger partial charge in [-0.3, -0.25) is 9.80 Å². The average Bonchev–Trinajstić information content (AvgIpc) is 3.43. The van der Waals surface area contributed by atoms with Crippen molar-refractivity contribution in [3.05, 3.63) is 95.6 Å². The van der Waals surface area contributed by atoms with Crippen LogP contribution in [0.4, 0.5) is 0 Å². The summed E-state index contributed by atoms with van der Waals surface area (Å²) in [5.41, 5.74) is 4.43. The standard InChI is InChI=1S/C31H35N7O2/c1-23-21-37(24(2)20-36(23)22-25-7-4-3-5-8-25)30(28-9-6-10-29(39)19-28)26-11-13-27(14-12-26)31-33-34-35-38(31)16-18-40-17-15-32/h3-14,19,23-24,30,39H,16-18,20-22H2,1-2H3/t23-,24+,30-/m1/s1. The van der Waals surface area contributed by atoms with Gasteiger partial charge in [0.25, 0.3) is 0 Å². The number of tetrazole rings is 1. The van der Waals surface area contributed by atoms with E-state index in [2.05, 4.69) is 87.7 Å². The molecular weight excluding hydrogens is 502 g/mol. The lowest BCUT2D eigenvalue weighted by atomic mass is 9.92.